The molecule has 2 fully saturated rings. The summed E-state index contributed by atoms with van der Waals surface area (Å²) in [6.07, 6.45) is 11.8. The maximum atomic E-state index is 14.4. The van der Waals surface area contributed by atoms with E-state index in [-0.39, 0.29) is 23.5 Å². The fraction of sp³-hybridized carbons (Fsp3) is 0.444. The number of nitrogens with zero attached hydrogens (tertiary/aromatic N) is 2. The van der Waals surface area contributed by atoms with Crippen LogP contribution in [0.3, 0.4) is 0 Å². The monoisotopic (exact) mass is 638 g/mol. The molecule has 2 aliphatic carbocycles. The van der Waals surface area contributed by atoms with Gasteiger partial charge in [0.15, 0.2) is 0 Å². The van der Waals surface area contributed by atoms with Crippen molar-refractivity contribution in [1.82, 2.24) is 9.80 Å². The Kier molecular flexibility index (Phi) is 11.5. The zero-order valence-electron chi connectivity index (χ0n) is 26.1. The van der Waals surface area contributed by atoms with E-state index in [1.54, 1.807) is 9.80 Å². The van der Waals surface area contributed by atoms with E-state index in [1.165, 1.54) is 12.1 Å². The minimum atomic E-state index is -0.831. The van der Waals surface area contributed by atoms with E-state index < -0.39 is 35.3 Å². The molecule has 0 aliphatic heterocycles. The first-order valence-electron chi connectivity index (χ1n) is 16.4. The van der Waals surface area contributed by atoms with Gasteiger partial charge in [-0.25, -0.2) is 27.2 Å². The molecule has 5 rings (SSSR count). The standard InChI is InChI=1S/C36H42F4N4O2/c37-27-17-19-33(31(39)21-27)41-35(45)43(29-9-5-1-2-6-10-29)23-25-13-15-26(16-14-25)24-44(30-11-7-3-4-8-12-30)36(46)42-34-20-18-28(38)22-32(34)40/h13-22,29-30H,1-12,23-24H2,(H,41,45)(H,42,46). The number of nitrogens with one attached hydrogen (secondary N) is 2. The number of hydrogen-bond donors (Lipinski definition) is 2. The minimum absolute atomic E-state index is 0.0213. The number of carbonyl (C=O) groups is 2. The Hall–Kier alpha value is -4.08. The number of carbonyl (C=O) groups excluding carboxylic acids is 2. The van der Waals surface area contributed by atoms with Crippen molar-refractivity contribution >= 4 is 23.4 Å². The van der Waals surface area contributed by atoms with Crippen LogP contribution in [0, 0.1) is 23.3 Å². The van der Waals surface area contributed by atoms with Gasteiger partial charge < -0.3 is 20.4 Å². The Morgan fingerprint density at radius 3 is 1.22 bits per heavy atom. The van der Waals surface area contributed by atoms with Crippen LogP contribution in [0.4, 0.5) is 38.5 Å². The van der Waals surface area contributed by atoms with Crippen molar-refractivity contribution in [2.45, 2.75) is 102 Å². The summed E-state index contributed by atoms with van der Waals surface area (Å²) in [5.41, 5.74) is 1.61. The molecule has 46 heavy (non-hydrogen) atoms. The van der Waals surface area contributed by atoms with Crippen molar-refractivity contribution in [2.75, 3.05) is 10.6 Å². The Bertz CT molecular complexity index is 1360. The summed E-state index contributed by atoms with van der Waals surface area (Å²) in [6, 6.07) is 13.0. The van der Waals surface area contributed by atoms with Gasteiger partial charge in [0.05, 0.1) is 11.4 Å². The number of anilines is 2. The number of urea groups is 2. The average molecular weight is 639 g/mol. The molecule has 0 unspecified atom stereocenters. The molecule has 2 saturated carbocycles. The summed E-state index contributed by atoms with van der Waals surface area (Å²) in [6.45, 7) is 0.604. The first kappa shape index (κ1) is 33.3. The summed E-state index contributed by atoms with van der Waals surface area (Å²) in [5.74, 6) is -3.09. The third-order valence-electron chi connectivity index (χ3n) is 9.13. The topological polar surface area (TPSA) is 64.7 Å². The second-order valence-corrected chi connectivity index (χ2v) is 12.5. The molecular formula is C36H42F4N4O2. The molecule has 3 aromatic carbocycles. The molecule has 0 spiro atoms. The zero-order valence-corrected chi connectivity index (χ0v) is 26.1. The van der Waals surface area contributed by atoms with Crippen molar-refractivity contribution < 1.29 is 27.2 Å². The first-order valence-corrected chi connectivity index (χ1v) is 16.4. The van der Waals surface area contributed by atoms with Crippen LogP contribution in [-0.2, 0) is 13.1 Å². The summed E-state index contributed by atoms with van der Waals surface area (Å²) < 4.78 is 55.7. The summed E-state index contributed by atoms with van der Waals surface area (Å²) >= 11 is 0. The molecule has 0 aromatic heterocycles. The van der Waals surface area contributed by atoms with E-state index in [0.29, 0.717) is 13.1 Å². The molecule has 0 radical (unpaired) electrons. The molecule has 0 heterocycles. The van der Waals surface area contributed by atoms with Gasteiger partial charge in [-0.1, -0.05) is 75.6 Å². The zero-order chi connectivity index (χ0) is 32.5. The van der Waals surface area contributed by atoms with Crippen LogP contribution in [0.25, 0.3) is 0 Å². The van der Waals surface area contributed by atoms with E-state index in [0.717, 1.165) is 112 Å². The van der Waals surface area contributed by atoms with Crippen LogP contribution in [0.2, 0.25) is 0 Å². The van der Waals surface area contributed by atoms with Crippen molar-refractivity contribution in [3.05, 3.63) is 95.1 Å². The molecule has 6 nitrogen and oxygen atoms in total. The maximum absolute atomic E-state index is 14.4. The van der Waals surface area contributed by atoms with Crippen molar-refractivity contribution in [3.8, 4) is 0 Å². The molecular weight excluding hydrogens is 596 g/mol. The largest absolute Gasteiger partial charge is 0.322 e. The van der Waals surface area contributed by atoms with E-state index in [1.807, 2.05) is 24.3 Å². The predicted molar refractivity (Wildman–Crippen MR) is 171 cm³/mol. The van der Waals surface area contributed by atoms with Crippen LogP contribution in [0.5, 0.6) is 0 Å². The van der Waals surface area contributed by atoms with E-state index in [2.05, 4.69) is 10.6 Å². The van der Waals surface area contributed by atoms with Crippen LogP contribution in [-0.4, -0.2) is 33.9 Å². The van der Waals surface area contributed by atoms with Crippen LogP contribution in [0.1, 0.15) is 88.2 Å². The normalized spacial score (nSPS) is 16.3. The highest BCUT2D eigenvalue weighted by Gasteiger charge is 2.28. The smallest absolute Gasteiger partial charge is 0.317 e. The van der Waals surface area contributed by atoms with Crippen LogP contribution in [0.15, 0.2) is 60.7 Å². The van der Waals surface area contributed by atoms with Gasteiger partial charge in [0.1, 0.15) is 23.3 Å². The Balaban J connectivity index is 1.32. The second kappa shape index (κ2) is 16.0. The highest BCUT2D eigenvalue weighted by atomic mass is 19.1. The number of halogens is 4. The van der Waals surface area contributed by atoms with Gasteiger partial charge in [0, 0.05) is 37.3 Å². The number of rotatable bonds is 8. The van der Waals surface area contributed by atoms with Gasteiger partial charge in [-0.05, 0) is 61.1 Å². The molecule has 10 heteroatoms. The lowest BCUT2D eigenvalue weighted by atomic mass is 10.0. The Morgan fingerprint density at radius 1 is 0.543 bits per heavy atom. The number of benzene rings is 3. The average Bonchev–Trinajstić information content (AvgIpc) is 3.48. The summed E-state index contributed by atoms with van der Waals surface area (Å²) in [7, 11) is 0. The molecule has 3 aromatic rings. The SMILES string of the molecule is O=C(Nc1ccc(F)cc1F)N(Cc1ccc(CN(C(=O)Nc2ccc(F)cc2F)C2CCCCCC2)cc1)C1CCCCCC1. The van der Waals surface area contributed by atoms with E-state index >= 15 is 0 Å². The molecule has 2 aliphatic rings. The van der Waals surface area contributed by atoms with Crippen molar-refractivity contribution in [1.29, 1.82) is 0 Å². The van der Waals surface area contributed by atoms with Gasteiger partial charge in [0.2, 0.25) is 0 Å². The maximum Gasteiger partial charge on any atom is 0.322 e. The van der Waals surface area contributed by atoms with Gasteiger partial charge in [-0.3, -0.25) is 0 Å². The molecule has 4 amide bonds. The summed E-state index contributed by atoms with van der Waals surface area (Å²) in [5, 5.41) is 5.28. The van der Waals surface area contributed by atoms with Gasteiger partial charge in [0.25, 0.3) is 0 Å². The third-order valence-corrected chi connectivity index (χ3v) is 9.13. The van der Waals surface area contributed by atoms with E-state index in [9.17, 15) is 27.2 Å². The minimum Gasteiger partial charge on any atom is -0.317 e. The molecule has 0 bridgehead atoms. The lowest BCUT2D eigenvalue weighted by molar-refractivity contribution is 0.174. The quantitative estimate of drug-likeness (QED) is 0.191. The summed E-state index contributed by atoms with van der Waals surface area (Å²) in [4.78, 5) is 30.5. The number of hydrogen-bond acceptors (Lipinski definition) is 2. The Morgan fingerprint density at radius 2 is 0.891 bits per heavy atom. The van der Waals surface area contributed by atoms with Gasteiger partial charge in [-0.2, -0.15) is 0 Å². The molecule has 0 atom stereocenters. The van der Waals surface area contributed by atoms with Gasteiger partial charge in [-0.15, -0.1) is 0 Å². The fourth-order valence-corrected chi connectivity index (χ4v) is 6.57. The fourth-order valence-electron chi connectivity index (χ4n) is 6.57. The van der Waals surface area contributed by atoms with Crippen molar-refractivity contribution in [3.63, 3.8) is 0 Å². The van der Waals surface area contributed by atoms with Crippen molar-refractivity contribution in [2.24, 2.45) is 0 Å². The Labute approximate surface area is 268 Å². The second-order valence-electron chi connectivity index (χ2n) is 12.5. The molecule has 0 saturated heterocycles. The predicted octanol–water partition coefficient (Wildman–Crippen LogP) is 9.76. The first-order chi connectivity index (χ1) is 22.3. The number of amides is 4. The highest BCUT2D eigenvalue weighted by Crippen LogP contribution is 2.28. The van der Waals surface area contributed by atoms with Crippen LogP contribution < -0.4 is 10.6 Å². The van der Waals surface area contributed by atoms with Crippen LogP contribution >= 0.6 is 0 Å². The molecule has 2 N–H and O–H groups in total. The lowest BCUT2D eigenvalue weighted by Crippen LogP contribution is -2.42. The lowest BCUT2D eigenvalue weighted by Gasteiger charge is -2.32. The third kappa shape index (κ3) is 9.01. The van der Waals surface area contributed by atoms with Gasteiger partial charge >= 0.3 is 12.1 Å². The molecule has 246 valence electrons. The van der Waals surface area contributed by atoms with E-state index in [4.69, 9.17) is 0 Å². The highest BCUT2D eigenvalue weighted by molar-refractivity contribution is 5.90.